The number of hydrogen-bond acceptors (Lipinski definition) is 6. The molecular formula is C16H14N6OS. The van der Waals surface area contributed by atoms with E-state index in [1.807, 2.05) is 35.8 Å². The van der Waals surface area contributed by atoms with Crippen molar-refractivity contribution in [2.45, 2.75) is 19.4 Å². The first kappa shape index (κ1) is 14.7. The zero-order valence-electron chi connectivity index (χ0n) is 12.7. The van der Waals surface area contributed by atoms with Crippen LogP contribution in [0.25, 0.3) is 10.9 Å². The van der Waals surface area contributed by atoms with E-state index >= 15 is 0 Å². The van der Waals surface area contributed by atoms with Gasteiger partial charge < -0.3 is 4.57 Å². The van der Waals surface area contributed by atoms with Crippen molar-refractivity contribution in [3.8, 4) is 0 Å². The van der Waals surface area contributed by atoms with Crippen LogP contribution in [0, 0.1) is 0 Å². The number of nitrogens with one attached hydrogen (secondary N) is 1. The molecule has 1 N–H and O–H groups in total. The molecule has 0 aliphatic heterocycles. The van der Waals surface area contributed by atoms with Crippen molar-refractivity contribution in [3.63, 3.8) is 0 Å². The molecule has 0 atom stereocenters. The quantitative estimate of drug-likeness (QED) is 0.545. The molecule has 120 valence electrons. The van der Waals surface area contributed by atoms with Gasteiger partial charge in [0.25, 0.3) is 0 Å². The van der Waals surface area contributed by atoms with Crippen LogP contribution in [0.4, 0.5) is 0 Å². The third-order valence-electron chi connectivity index (χ3n) is 3.85. The summed E-state index contributed by atoms with van der Waals surface area (Å²) in [7, 11) is 0. The van der Waals surface area contributed by atoms with E-state index in [1.165, 1.54) is 11.3 Å². The molecule has 1 aromatic carbocycles. The summed E-state index contributed by atoms with van der Waals surface area (Å²) in [5, 5.41) is 17.6. The van der Waals surface area contributed by atoms with Gasteiger partial charge in [0.1, 0.15) is 5.01 Å². The highest BCUT2D eigenvalue weighted by molar-refractivity contribution is 7.09. The van der Waals surface area contributed by atoms with Crippen molar-refractivity contribution in [1.82, 2.24) is 30.2 Å². The number of para-hydroxylation sites is 1. The summed E-state index contributed by atoms with van der Waals surface area (Å²) in [5.41, 5.74) is 1.76. The number of carbonyl (C=O) groups is 1. The van der Waals surface area contributed by atoms with E-state index in [1.54, 1.807) is 6.20 Å². The van der Waals surface area contributed by atoms with Crippen LogP contribution in [-0.4, -0.2) is 36.0 Å². The van der Waals surface area contributed by atoms with E-state index in [2.05, 4.69) is 30.2 Å². The topological polar surface area (TPSA) is 89.4 Å². The molecule has 0 unspecified atom stereocenters. The van der Waals surface area contributed by atoms with Crippen molar-refractivity contribution < 1.29 is 4.79 Å². The molecule has 3 aromatic heterocycles. The number of nitrogens with zero attached hydrogens (tertiary/aromatic N) is 5. The van der Waals surface area contributed by atoms with Crippen molar-refractivity contribution in [1.29, 1.82) is 0 Å². The Morgan fingerprint density at radius 2 is 2.21 bits per heavy atom. The molecule has 0 amide bonds. The normalized spacial score (nSPS) is 11.2. The maximum atomic E-state index is 12.7. The number of Topliss-reactive ketones (excluding diaryl/α,β-unsaturated/α-hetero) is 1. The van der Waals surface area contributed by atoms with Gasteiger partial charge in [0.2, 0.25) is 0 Å². The fraction of sp³-hybridized carbons (Fsp3) is 0.188. The number of hydrogen-bond donors (Lipinski definition) is 1. The largest absolute Gasteiger partial charge is 0.346 e. The lowest BCUT2D eigenvalue weighted by Gasteiger charge is -2.02. The van der Waals surface area contributed by atoms with Crippen molar-refractivity contribution >= 4 is 28.0 Å². The lowest BCUT2D eigenvalue weighted by molar-refractivity contribution is 0.0994. The number of rotatable bonds is 6. The number of aromatic nitrogens is 6. The van der Waals surface area contributed by atoms with Crippen LogP contribution in [0.15, 0.2) is 42.0 Å². The third kappa shape index (κ3) is 2.83. The number of ketones is 1. The molecule has 0 bridgehead atoms. The summed E-state index contributed by atoms with van der Waals surface area (Å²) in [4.78, 5) is 16.9. The number of fused-ring (bicyclic) bond motifs is 1. The molecule has 0 fully saturated rings. The fourth-order valence-electron chi connectivity index (χ4n) is 2.74. The lowest BCUT2D eigenvalue weighted by Crippen LogP contribution is -2.04. The van der Waals surface area contributed by atoms with E-state index < -0.39 is 0 Å². The first-order valence-electron chi connectivity index (χ1n) is 7.53. The Morgan fingerprint density at radius 3 is 3.00 bits per heavy atom. The van der Waals surface area contributed by atoms with Crippen LogP contribution in [0.2, 0.25) is 0 Å². The fourth-order valence-corrected chi connectivity index (χ4v) is 3.35. The van der Waals surface area contributed by atoms with Gasteiger partial charge in [-0.15, -0.1) is 21.5 Å². The molecule has 0 saturated carbocycles. The predicted octanol–water partition coefficient (Wildman–Crippen LogP) is 2.28. The number of H-pyrrole nitrogens is 1. The molecular weight excluding hydrogens is 324 g/mol. The van der Waals surface area contributed by atoms with E-state index in [0.29, 0.717) is 25.2 Å². The minimum atomic E-state index is 0.0828. The summed E-state index contributed by atoms with van der Waals surface area (Å²) in [6.07, 6.45) is 4.62. The van der Waals surface area contributed by atoms with Gasteiger partial charge in [0.05, 0.1) is 6.42 Å². The van der Waals surface area contributed by atoms with Gasteiger partial charge in [0.15, 0.2) is 11.6 Å². The average Bonchev–Trinajstić information content (AvgIpc) is 3.34. The number of aryl methyl sites for hydroxylation is 2. The third-order valence-corrected chi connectivity index (χ3v) is 4.63. The van der Waals surface area contributed by atoms with Crippen LogP contribution in [0.5, 0.6) is 0 Å². The Hall–Kier alpha value is -2.87. The Labute approximate surface area is 141 Å². The summed E-state index contributed by atoms with van der Waals surface area (Å²) in [6, 6.07) is 7.93. The van der Waals surface area contributed by atoms with E-state index in [0.717, 1.165) is 21.5 Å². The molecule has 4 aromatic rings. The average molecular weight is 338 g/mol. The minimum Gasteiger partial charge on any atom is -0.346 e. The highest BCUT2D eigenvalue weighted by Crippen LogP contribution is 2.23. The van der Waals surface area contributed by atoms with E-state index in [9.17, 15) is 4.79 Å². The van der Waals surface area contributed by atoms with Gasteiger partial charge in [-0.05, 0) is 6.07 Å². The summed E-state index contributed by atoms with van der Waals surface area (Å²) >= 11 is 1.50. The number of tetrazole rings is 1. The van der Waals surface area contributed by atoms with Crippen molar-refractivity contribution in [2.24, 2.45) is 0 Å². The second kappa shape index (κ2) is 6.32. The number of benzene rings is 1. The summed E-state index contributed by atoms with van der Waals surface area (Å²) in [6.45, 7) is 0.685. The Balaban J connectivity index is 1.64. The van der Waals surface area contributed by atoms with Gasteiger partial charge in [-0.3, -0.25) is 4.79 Å². The number of aromatic amines is 1. The summed E-state index contributed by atoms with van der Waals surface area (Å²) < 4.78 is 2.07. The van der Waals surface area contributed by atoms with Crippen molar-refractivity contribution in [3.05, 3.63) is 58.4 Å². The van der Waals surface area contributed by atoms with Gasteiger partial charge in [-0.2, -0.15) is 5.21 Å². The van der Waals surface area contributed by atoms with Crippen LogP contribution in [0.1, 0.15) is 21.2 Å². The Kier molecular flexibility index (Phi) is 3.87. The van der Waals surface area contributed by atoms with Gasteiger partial charge >= 0.3 is 0 Å². The zero-order chi connectivity index (χ0) is 16.4. The van der Waals surface area contributed by atoms with E-state index in [-0.39, 0.29) is 5.78 Å². The minimum absolute atomic E-state index is 0.0828. The highest BCUT2D eigenvalue weighted by atomic mass is 32.1. The number of carbonyl (C=O) groups excluding carboxylic acids is 1. The number of thiazole rings is 1. The van der Waals surface area contributed by atoms with Crippen LogP contribution in [-0.2, 0) is 19.4 Å². The van der Waals surface area contributed by atoms with Gasteiger partial charge in [-0.1, -0.05) is 23.4 Å². The molecule has 3 heterocycles. The Morgan fingerprint density at radius 1 is 1.29 bits per heavy atom. The predicted molar refractivity (Wildman–Crippen MR) is 90.0 cm³/mol. The van der Waals surface area contributed by atoms with Crippen LogP contribution >= 0.6 is 11.3 Å². The van der Waals surface area contributed by atoms with Crippen LogP contribution in [0.3, 0.4) is 0 Å². The molecule has 0 aliphatic carbocycles. The first-order chi connectivity index (χ1) is 11.8. The smallest absolute Gasteiger partial charge is 0.176 e. The highest BCUT2D eigenvalue weighted by Gasteiger charge is 2.16. The van der Waals surface area contributed by atoms with E-state index in [4.69, 9.17) is 0 Å². The molecule has 8 heteroatoms. The standard InChI is InChI=1S/C16H14N6OS/c23-14(9-16-17-6-8-24-16)12-10-22(7-5-15-18-20-21-19-15)13-4-2-1-3-11(12)13/h1-4,6,8,10H,5,7,9H2,(H,18,19,20,21). The molecule has 24 heavy (non-hydrogen) atoms. The maximum absolute atomic E-state index is 12.7. The molecule has 0 aliphatic rings. The molecule has 0 saturated heterocycles. The summed E-state index contributed by atoms with van der Waals surface area (Å²) in [5.74, 6) is 0.739. The molecule has 7 nitrogen and oxygen atoms in total. The van der Waals surface area contributed by atoms with Gasteiger partial charge in [-0.25, -0.2) is 4.98 Å². The second-order valence-corrected chi connectivity index (χ2v) is 6.34. The Bertz CT molecular complexity index is 958. The molecule has 0 radical (unpaired) electrons. The molecule has 4 rings (SSSR count). The van der Waals surface area contributed by atoms with Crippen molar-refractivity contribution in [2.75, 3.05) is 0 Å². The lowest BCUT2D eigenvalue weighted by atomic mass is 10.1. The monoisotopic (exact) mass is 338 g/mol. The molecule has 0 spiro atoms. The van der Waals surface area contributed by atoms with Crippen LogP contribution < -0.4 is 0 Å². The second-order valence-electron chi connectivity index (χ2n) is 5.36. The van der Waals surface area contributed by atoms with Gasteiger partial charge in [0, 0.05) is 47.2 Å². The first-order valence-corrected chi connectivity index (χ1v) is 8.41. The zero-order valence-corrected chi connectivity index (χ0v) is 13.5. The SMILES string of the molecule is O=C(Cc1nccs1)c1cn(CCc2nn[nH]n2)c2ccccc12. The maximum Gasteiger partial charge on any atom is 0.176 e.